The highest BCUT2D eigenvalue weighted by molar-refractivity contribution is 5.91. The van der Waals surface area contributed by atoms with Gasteiger partial charge in [0, 0.05) is 45.6 Å². The number of ether oxygens (including phenoxy) is 1. The lowest BCUT2D eigenvalue weighted by molar-refractivity contribution is 0.0443. The number of nitrogens with one attached hydrogen (secondary N) is 1. The minimum absolute atomic E-state index is 0.162. The number of aromatic nitrogens is 2. The number of amides is 1. The first kappa shape index (κ1) is 17.3. The molecule has 7 heteroatoms. The molecule has 1 amide bonds. The summed E-state index contributed by atoms with van der Waals surface area (Å²) < 4.78 is 12.7. The lowest BCUT2D eigenvalue weighted by atomic mass is 9.98. The largest absolute Gasteiger partial charge is 0.459 e. The molecule has 1 fully saturated rings. The molecular weight excluding hydrogens is 332 g/mol. The fourth-order valence-corrected chi connectivity index (χ4v) is 3.96. The van der Waals surface area contributed by atoms with E-state index < -0.39 is 0 Å². The summed E-state index contributed by atoms with van der Waals surface area (Å²) in [5.41, 5.74) is 1.26. The highest BCUT2D eigenvalue weighted by Gasteiger charge is 2.27. The zero-order valence-electron chi connectivity index (χ0n) is 15.0. The van der Waals surface area contributed by atoms with Gasteiger partial charge in [0.1, 0.15) is 0 Å². The molecule has 4 rings (SSSR count). The fraction of sp³-hybridized carbons (Fsp3) is 0.579. The van der Waals surface area contributed by atoms with E-state index >= 15 is 0 Å². The predicted molar refractivity (Wildman–Crippen MR) is 95.7 cm³/mol. The van der Waals surface area contributed by atoms with Gasteiger partial charge in [-0.2, -0.15) is 5.10 Å². The third kappa shape index (κ3) is 3.99. The molecular formula is C19H26N4O3. The van der Waals surface area contributed by atoms with Crippen LogP contribution in [0.2, 0.25) is 0 Å². The summed E-state index contributed by atoms with van der Waals surface area (Å²) in [6, 6.07) is 5.78. The SMILES string of the molecule is O=C(NCCC1CN(CC2CCOCC2)Cc2ccnn21)c1ccco1. The molecule has 0 radical (unpaired) electrons. The number of hydrogen-bond donors (Lipinski definition) is 1. The van der Waals surface area contributed by atoms with Gasteiger partial charge >= 0.3 is 0 Å². The first-order valence-corrected chi connectivity index (χ1v) is 9.44. The van der Waals surface area contributed by atoms with Crippen LogP contribution in [0.1, 0.15) is 41.6 Å². The first-order chi connectivity index (χ1) is 12.8. The smallest absolute Gasteiger partial charge is 0.286 e. The first-order valence-electron chi connectivity index (χ1n) is 9.44. The maximum atomic E-state index is 12.0. The van der Waals surface area contributed by atoms with Gasteiger partial charge in [0.15, 0.2) is 5.76 Å². The Morgan fingerprint density at radius 3 is 3.00 bits per heavy atom. The van der Waals surface area contributed by atoms with Crippen LogP contribution in [0.25, 0.3) is 0 Å². The van der Waals surface area contributed by atoms with Crippen molar-refractivity contribution >= 4 is 5.91 Å². The minimum Gasteiger partial charge on any atom is -0.459 e. The molecule has 0 saturated carbocycles. The number of fused-ring (bicyclic) bond motifs is 1. The zero-order chi connectivity index (χ0) is 17.8. The van der Waals surface area contributed by atoms with Crippen LogP contribution in [0.5, 0.6) is 0 Å². The van der Waals surface area contributed by atoms with Crippen LogP contribution in [-0.4, -0.2) is 53.4 Å². The highest BCUT2D eigenvalue weighted by atomic mass is 16.5. The van der Waals surface area contributed by atoms with Crippen LogP contribution in [-0.2, 0) is 11.3 Å². The van der Waals surface area contributed by atoms with Crippen LogP contribution in [0.3, 0.4) is 0 Å². The summed E-state index contributed by atoms with van der Waals surface area (Å²) in [5.74, 6) is 0.914. The number of rotatable bonds is 6. The second-order valence-corrected chi connectivity index (χ2v) is 7.19. The van der Waals surface area contributed by atoms with Crippen LogP contribution >= 0.6 is 0 Å². The van der Waals surface area contributed by atoms with Crippen molar-refractivity contribution in [3.63, 3.8) is 0 Å². The molecule has 1 unspecified atom stereocenters. The quantitative estimate of drug-likeness (QED) is 0.856. The average Bonchev–Trinajstić information content (AvgIpc) is 3.34. The molecule has 0 aliphatic carbocycles. The van der Waals surface area contributed by atoms with Crippen LogP contribution in [0.15, 0.2) is 35.1 Å². The molecule has 140 valence electrons. The van der Waals surface area contributed by atoms with E-state index in [0.29, 0.717) is 12.3 Å². The van der Waals surface area contributed by atoms with Crippen molar-refractivity contribution in [2.45, 2.75) is 31.8 Å². The number of furan rings is 1. The van der Waals surface area contributed by atoms with Crippen LogP contribution in [0, 0.1) is 5.92 Å². The van der Waals surface area contributed by atoms with Crippen LogP contribution < -0.4 is 5.32 Å². The van der Waals surface area contributed by atoms with Gasteiger partial charge in [-0.3, -0.25) is 14.4 Å². The molecule has 0 bridgehead atoms. The Kier molecular flexibility index (Phi) is 5.36. The molecule has 4 heterocycles. The van der Waals surface area contributed by atoms with Crippen molar-refractivity contribution in [3.8, 4) is 0 Å². The summed E-state index contributed by atoms with van der Waals surface area (Å²) >= 11 is 0. The van der Waals surface area contributed by atoms with Gasteiger partial charge < -0.3 is 14.5 Å². The van der Waals surface area contributed by atoms with E-state index in [1.165, 1.54) is 12.0 Å². The van der Waals surface area contributed by atoms with E-state index in [1.807, 2.05) is 6.20 Å². The normalized spacial score (nSPS) is 21.5. The van der Waals surface area contributed by atoms with Gasteiger partial charge in [0.2, 0.25) is 0 Å². The third-order valence-corrected chi connectivity index (χ3v) is 5.32. The molecule has 2 aliphatic rings. The van der Waals surface area contributed by atoms with Crippen molar-refractivity contribution in [1.29, 1.82) is 0 Å². The average molecular weight is 358 g/mol. The standard InChI is InChI=1S/C19H26N4O3/c24-19(18-2-1-9-26-18)20-7-3-16-13-22(12-15-5-10-25-11-6-15)14-17-4-8-21-23(16)17/h1-2,4,8-9,15-16H,3,5-7,10-14H2,(H,20,24). The van der Waals surface area contributed by atoms with Crippen molar-refractivity contribution in [3.05, 3.63) is 42.1 Å². The Morgan fingerprint density at radius 1 is 1.31 bits per heavy atom. The Morgan fingerprint density at radius 2 is 2.19 bits per heavy atom. The Balaban J connectivity index is 1.33. The highest BCUT2D eigenvalue weighted by Crippen LogP contribution is 2.25. The topological polar surface area (TPSA) is 72.5 Å². The molecule has 1 N–H and O–H groups in total. The van der Waals surface area contributed by atoms with Gasteiger partial charge in [-0.05, 0) is 43.4 Å². The van der Waals surface area contributed by atoms with Gasteiger partial charge in [-0.15, -0.1) is 0 Å². The van der Waals surface area contributed by atoms with Crippen molar-refractivity contribution < 1.29 is 13.9 Å². The minimum atomic E-state index is -0.162. The van der Waals surface area contributed by atoms with Gasteiger partial charge in [-0.25, -0.2) is 0 Å². The molecule has 1 atom stereocenters. The predicted octanol–water partition coefficient (Wildman–Crippen LogP) is 2.08. The summed E-state index contributed by atoms with van der Waals surface area (Å²) in [7, 11) is 0. The molecule has 7 nitrogen and oxygen atoms in total. The second-order valence-electron chi connectivity index (χ2n) is 7.19. The molecule has 0 aromatic carbocycles. The number of hydrogen-bond acceptors (Lipinski definition) is 5. The number of carbonyl (C=O) groups excluding carboxylic acids is 1. The van der Waals surface area contributed by atoms with E-state index in [0.717, 1.165) is 58.0 Å². The fourth-order valence-electron chi connectivity index (χ4n) is 3.96. The van der Waals surface area contributed by atoms with Crippen molar-refractivity contribution in [2.75, 3.05) is 32.8 Å². The van der Waals surface area contributed by atoms with Gasteiger partial charge in [0.05, 0.1) is 18.0 Å². The molecule has 2 aromatic heterocycles. The summed E-state index contributed by atoms with van der Waals surface area (Å²) in [4.78, 5) is 14.6. The Bertz CT molecular complexity index is 706. The lowest BCUT2D eigenvalue weighted by Gasteiger charge is -2.36. The molecule has 0 spiro atoms. The van der Waals surface area contributed by atoms with E-state index in [4.69, 9.17) is 9.15 Å². The van der Waals surface area contributed by atoms with Gasteiger partial charge in [0.25, 0.3) is 5.91 Å². The Hall–Kier alpha value is -2.12. The van der Waals surface area contributed by atoms with E-state index in [9.17, 15) is 4.79 Å². The molecule has 26 heavy (non-hydrogen) atoms. The number of carbonyl (C=O) groups is 1. The molecule has 1 saturated heterocycles. The van der Waals surface area contributed by atoms with Gasteiger partial charge in [-0.1, -0.05) is 0 Å². The Labute approximate surface area is 153 Å². The van der Waals surface area contributed by atoms with E-state index in [2.05, 4.69) is 26.1 Å². The second kappa shape index (κ2) is 8.05. The third-order valence-electron chi connectivity index (χ3n) is 5.32. The monoisotopic (exact) mass is 358 g/mol. The number of nitrogens with zero attached hydrogens (tertiary/aromatic N) is 3. The summed E-state index contributed by atoms with van der Waals surface area (Å²) in [6.07, 6.45) is 6.55. The summed E-state index contributed by atoms with van der Waals surface area (Å²) in [6.45, 7) is 5.42. The lowest BCUT2D eigenvalue weighted by Crippen LogP contribution is -2.42. The van der Waals surface area contributed by atoms with E-state index in [-0.39, 0.29) is 11.9 Å². The maximum Gasteiger partial charge on any atom is 0.286 e. The maximum absolute atomic E-state index is 12.0. The summed E-state index contributed by atoms with van der Waals surface area (Å²) in [5, 5.41) is 7.45. The van der Waals surface area contributed by atoms with Crippen molar-refractivity contribution in [1.82, 2.24) is 20.0 Å². The molecule has 2 aliphatic heterocycles. The van der Waals surface area contributed by atoms with E-state index in [1.54, 1.807) is 12.1 Å². The van der Waals surface area contributed by atoms with Crippen molar-refractivity contribution in [2.24, 2.45) is 5.92 Å². The van der Waals surface area contributed by atoms with Crippen LogP contribution in [0.4, 0.5) is 0 Å². The molecule has 2 aromatic rings. The zero-order valence-corrected chi connectivity index (χ0v) is 15.0.